The Bertz CT molecular complexity index is 811. The second-order valence-corrected chi connectivity index (χ2v) is 6.42. The van der Waals surface area contributed by atoms with Crippen LogP contribution in [0.3, 0.4) is 0 Å². The maximum absolute atomic E-state index is 12.6. The molecule has 3 N–H and O–H groups in total. The third kappa shape index (κ3) is 3.99. The molecule has 126 valence electrons. The van der Waals surface area contributed by atoms with E-state index in [-0.39, 0.29) is 17.4 Å². The summed E-state index contributed by atoms with van der Waals surface area (Å²) in [4.78, 5) is 35.9. The van der Waals surface area contributed by atoms with Crippen LogP contribution >= 0.6 is 11.3 Å². The average molecular weight is 346 g/mol. The second-order valence-electron chi connectivity index (χ2n) is 5.28. The molecule has 1 aromatic carbocycles. The van der Waals surface area contributed by atoms with Gasteiger partial charge in [0.2, 0.25) is 5.91 Å². The summed E-state index contributed by atoms with van der Waals surface area (Å²) in [7, 11) is 0. The van der Waals surface area contributed by atoms with E-state index < -0.39 is 5.97 Å². The third-order valence-electron chi connectivity index (χ3n) is 3.40. The number of hydrogen-bond acceptors (Lipinski definition) is 4. The van der Waals surface area contributed by atoms with Crippen molar-refractivity contribution in [2.45, 2.75) is 27.2 Å². The summed E-state index contributed by atoms with van der Waals surface area (Å²) >= 11 is 1.35. The molecule has 1 heterocycles. The molecule has 0 unspecified atom stereocenters. The Hall–Kier alpha value is -2.67. The van der Waals surface area contributed by atoms with Crippen molar-refractivity contribution in [1.82, 2.24) is 0 Å². The van der Waals surface area contributed by atoms with Gasteiger partial charge in [-0.05, 0) is 37.1 Å². The van der Waals surface area contributed by atoms with Gasteiger partial charge in [-0.25, -0.2) is 4.79 Å². The number of carbonyl (C=O) groups excluding carboxylic acids is 2. The number of benzene rings is 1. The first-order valence-corrected chi connectivity index (χ1v) is 8.19. The number of aromatic carboxylic acids is 1. The lowest BCUT2D eigenvalue weighted by Gasteiger charge is -2.10. The first-order valence-electron chi connectivity index (χ1n) is 7.37. The number of hydrogen-bond donors (Lipinski definition) is 3. The average Bonchev–Trinajstić information content (AvgIpc) is 2.91. The van der Waals surface area contributed by atoms with Crippen molar-refractivity contribution in [3.63, 3.8) is 0 Å². The summed E-state index contributed by atoms with van der Waals surface area (Å²) in [6, 6.07) is 6.27. The number of aryl methyl sites for hydroxylation is 2. The molecule has 0 aliphatic rings. The molecular weight excluding hydrogens is 328 g/mol. The first kappa shape index (κ1) is 17.7. The van der Waals surface area contributed by atoms with Gasteiger partial charge in [-0.1, -0.05) is 13.0 Å². The monoisotopic (exact) mass is 346 g/mol. The molecule has 0 bridgehead atoms. The first-order chi connectivity index (χ1) is 11.3. The molecule has 7 heteroatoms. The van der Waals surface area contributed by atoms with Gasteiger partial charge >= 0.3 is 5.97 Å². The van der Waals surface area contributed by atoms with Crippen molar-refractivity contribution in [2.24, 2.45) is 0 Å². The third-order valence-corrected chi connectivity index (χ3v) is 4.59. The fourth-order valence-electron chi connectivity index (χ4n) is 2.12. The zero-order chi connectivity index (χ0) is 17.9. The van der Waals surface area contributed by atoms with Crippen LogP contribution in [-0.4, -0.2) is 22.9 Å². The number of nitrogens with one attached hydrogen (secondary N) is 2. The van der Waals surface area contributed by atoms with Crippen LogP contribution < -0.4 is 10.6 Å². The van der Waals surface area contributed by atoms with Gasteiger partial charge in [0.15, 0.2) is 0 Å². The Morgan fingerprint density at radius 2 is 1.88 bits per heavy atom. The molecular formula is C17H18N2O4S. The summed E-state index contributed by atoms with van der Waals surface area (Å²) in [5.41, 5.74) is 1.64. The van der Waals surface area contributed by atoms with E-state index in [2.05, 4.69) is 10.6 Å². The number of carboxylic acids is 1. The lowest BCUT2D eigenvalue weighted by Crippen LogP contribution is -2.15. The van der Waals surface area contributed by atoms with Crippen LogP contribution in [0.2, 0.25) is 0 Å². The lowest BCUT2D eigenvalue weighted by atomic mass is 10.1. The largest absolute Gasteiger partial charge is 0.478 e. The Kier molecular flexibility index (Phi) is 5.35. The van der Waals surface area contributed by atoms with E-state index in [0.29, 0.717) is 16.3 Å². The Balaban J connectivity index is 2.33. The van der Waals surface area contributed by atoms with Crippen LogP contribution in [0.15, 0.2) is 24.3 Å². The summed E-state index contributed by atoms with van der Waals surface area (Å²) in [5.74, 6) is -1.70. The van der Waals surface area contributed by atoms with Crippen molar-refractivity contribution >= 4 is 39.8 Å². The molecule has 0 atom stereocenters. The normalized spacial score (nSPS) is 10.3. The molecule has 24 heavy (non-hydrogen) atoms. The molecule has 0 fully saturated rings. The smallest absolute Gasteiger partial charge is 0.335 e. The summed E-state index contributed by atoms with van der Waals surface area (Å²) in [6.45, 7) is 5.13. The van der Waals surface area contributed by atoms with E-state index >= 15 is 0 Å². The summed E-state index contributed by atoms with van der Waals surface area (Å²) in [5, 5.41) is 15.0. The van der Waals surface area contributed by atoms with Crippen LogP contribution in [0.5, 0.6) is 0 Å². The van der Waals surface area contributed by atoms with Crippen molar-refractivity contribution in [3.05, 3.63) is 45.8 Å². The number of carboxylic acid groups (broad SMARTS) is 1. The standard InChI is InChI=1S/C17H18N2O4S/c1-4-12-8-13(16(24-12)18-10(3)20)15(21)19-14-7-11(17(22)23)6-5-9(14)2/h5-8H,4H2,1-3H3,(H,18,20)(H,19,21)(H,22,23). The molecule has 0 spiro atoms. The lowest BCUT2D eigenvalue weighted by molar-refractivity contribution is -0.114. The number of anilines is 2. The van der Waals surface area contributed by atoms with Crippen molar-refractivity contribution in [3.8, 4) is 0 Å². The number of thiophene rings is 1. The molecule has 0 aliphatic heterocycles. The maximum atomic E-state index is 12.6. The van der Waals surface area contributed by atoms with Crippen LogP contribution in [-0.2, 0) is 11.2 Å². The highest BCUT2D eigenvalue weighted by Crippen LogP contribution is 2.30. The molecule has 2 amide bonds. The molecule has 2 aromatic rings. The fraction of sp³-hybridized carbons (Fsp3) is 0.235. The van der Waals surface area contributed by atoms with Crippen LogP contribution in [0, 0.1) is 6.92 Å². The topological polar surface area (TPSA) is 95.5 Å². The maximum Gasteiger partial charge on any atom is 0.335 e. The Morgan fingerprint density at radius 3 is 2.46 bits per heavy atom. The highest BCUT2D eigenvalue weighted by atomic mass is 32.1. The number of rotatable bonds is 5. The minimum absolute atomic E-state index is 0.0950. The summed E-state index contributed by atoms with van der Waals surface area (Å²) in [6.07, 6.45) is 0.748. The fourth-order valence-corrected chi connectivity index (χ4v) is 3.16. The highest BCUT2D eigenvalue weighted by molar-refractivity contribution is 7.16. The Labute approximate surface area is 143 Å². The van der Waals surface area contributed by atoms with Crippen LogP contribution in [0.4, 0.5) is 10.7 Å². The van der Waals surface area contributed by atoms with E-state index in [4.69, 9.17) is 5.11 Å². The van der Waals surface area contributed by atoms with E-state index in [1.165, 1.54) is 30.4 Å². The van der Waals surface area contributed by atoms with Gasteiger partial charge in [-0.3, -0.25) is 9.59 Å². The molecule has 6 nitrogen and oxygen atoms in total. The van der Waals surface area contributed by atoms with Gasteiger partial charge in [0.05, 0.1) is 11.1 Å². The van der Waals surface area contributed by atoms with E-state index in [9.17, 15) is 14.4 Å². The zero-order valence-corrected chi connectivity index (χ0v) is 14.4. The highest BCUT2D eigenvalue weighted by Gasteiger charge is 2.18. The quantitative estimate of drug-likeness (QED) is 0.772. The van der Waals surface area contributed by atoms with E-state index in [1.54, 1.807) is 19.1 Å². The van der Waals surface area contributed by atoms with E-state index in [0.717, 1.165) is 16.9 Å². The predicted molar refractivity (Wildman–Crippen MR) is 94.1 cm³/mol. The predicted octanol–water partition coefficient (Wildman–Crippen LogP) is 3.53. The van der Waals surface area contributed by atoms with Gasteiger partial charge in [-0.2, -0.15) is 0 Å². The van der Waals surface area contributed by atoms with Crippen LogP contribution in [0.1, 0.15) is 45.0 Å². The molecule has 0 radical (unpaired) electrons. The molecule has 0 saturated carbocycles. The van der Waals surface area contributed by atoms with Crippen molar-refractivity contribution < 1.29 is 19.5 Å². The molecule has 2 rings (SSSR count). The van der Waals surface area contributed by atoms with Gasteiger partial charge in [-0.15, -0.1) is 11.3 Å². The van der Waals surface area contributed by atoms with Gasteiger partial charge in [0, 0.05) is 17.5 Å². The van der Waals surface area contributed by atoms with Crippen LogP contribution in [0.25, 0.3) is 0 Å². The molecule has 1 aromatic heterocycles. The van der Waals surface area contributed by atoms with Gasteiger partial charge < -0.3 is 15.7 Å². The zero-order valence-electron chi connectivity index (χ0n) is 13.6. The SMILES string of the molecule is CCc1cc(C(=O)Nc2cc(C(=O)O)ccc2C)c(NC(C)=O)s1. The van der Waals surface area contributed by atoms with Crippen molar-refractivity contribution in [2.75, 3.05) is 10.6 Å². The molecule has 0 aliphatic carbocycles. The van der Waals surface area contributed by atoms with Gasteiger partial charge in [0.25, 0.3) is 5.91 Å². The number of amides is 2. The van der Waals surface area contributed by atoms with Gasteiger partial charge in [0.1, 0.15) is 5.00 Å². The molecule has 0 saturated heterocycles. The minimum Gasteiger partial charge on any atom is -0.478 e. The number of carbonyl (C=O) groups is 3. The summed E-state index contributed by atoms with van der Waals surface area (Å²) < 4.78 is 0. The second kappa shape index (κ2) is 7.27. The van der Waals surface area contributed by atoms with E-state index in [1.807, 2.05) is 6.92 Å². The van der Waals surface area contributed by atoms with Crippen molar-refractivity contribution in [1.29, 1.82) is 0 Å². The minimum atomic E-state index is -1.06. The Morgan fingerprint density at radius 1 is 1.17 bits per heavy atom.